The van der Waals surface area contributed by atoms with E-state index in [4.69, 9.17) is 0 Å². The summed E-state index contributed by atoms with van der Waals surface area (Å²) in [6, 6.07) is 12.0. The fraction of sp³-hybridized carbons (Fsp3) is 0.222. The third-order valence-electron chi connectivity index (χ3n) is 3.37. The van der Waals surface area contributed by atoms with Crippen LogP contribution in [0.25, 0.3) is 0 Å². The van der Waals surface area contributed by atoms with E-state index < -0.39 is 10.0 Å². The summed E-state index contributed by atoms with van der Waals surface area (Å²) in [6.45, 7) is 4.94. The number of Topliss-reactive ketones (excluding diaryl/α,β-unsaturated/α-hetero) is 1. The minimum absolute atomic E-state index is 0.0512. The molecule has 0 radical (unpaired) electrons. The molecule has 6 nitrogen and oxygen atoms in total. The van der Waals surface area contributed by atoms with Gasteiger partial charge >= 0.3 is 0 Å². The van der Waals surface area contributed by atoms with Gasteiger partial charge in [-0.25, -0.2) is 13.1 Å². The van der Waals surface area contributed by atoms with Crippen LogP contribution in [0.4, 0.5) is 5.69 Å². The lowest BCUT2D eigenvalue weighted by Gasteiger charge is -2.10. The second-order valence-corrected chi connectivity index (χ2v) is 7.60. The van der Waals surface area contributed by atoms with Gasteiger partial charge in [-0.3, -0.25) is 9.59 Å². The zero-order chi connectivity index (χ0) is 18.6. The maximum absolute atomic E-state index is 12.2. The van der Waals surface area contributed by atoms with E-state index in [1.54, 1.807) is 38.1 Å². The van der Waals surface area contributed by atoms with Crippen LogP contribution in [0.15, 0.2) is 53.4 Å². The number of hydrogen-bond acceptors (Lipinski definition) is 4. The highest BCUT2D eigenvalue weighted by Gasteiger charge is 2.16. The highest BCUT2D eigenvalue weighted by atomic mass is 32.2. The summed E-state index contributed by atoms with van der Waals surface area (Å²) in [5.74, 6) is -0.416. The third kappa shape index (κ3) is 4.98. The maximum Gasteiger partial charge on any atom is 0.255 e. The van der Waals surface area contributed by atoms with Crippen molar-refractivity contribution in [3.05, 3.63) is 59.7 Å². The quantitative estimate of drug-likeness (QED) is 0.775. The second-order valence-electron chi connectivity index (χ2n) is 5.89. The van der Waals surface area contributed by atoms with E-state index in [0.717, 1.165) is 0 Å². The fourth-order valence-electron chi connectivity index (χ4n) is 2.16. The molecule has 2 rings (SSSR count). The highest BCUT2D eigenvalue weighted by molar-refractivity contribution is 7.89. The predicted octanol–water partition coefficient (Wildman–Crippen LogP) is 2.83. The van der Waals surface area contributed by atoms with Crippen molar-refractivity contribution < 1.29 is 18.0 Å². The number of rotatable bonds is 6. The van der Waals surface area contributed by atoms with E-state index in [-0.39, 0.29) is 22.6 Å². The molecule has 0 spiro atoms. The summed E-state index contributed by atoms with van der Waals surface area (Å²) in [5.41, 5.74) is 1.44. The minimum atomic E-state index is -3.59. The summed E-state index contributed by atoms with van der Waals surface area (Å²) in [5, 5.41) is 2.70. The van der Waals surface area contributed by atoms with Crippen molar-refractivity contribution in [2.45, 2.75) is 31.7 Å². The Balaban J connectivity index is 2.11. The molecule has 0 atom stereocenters. The summed E-state index contributed by atoms with van der Waals surface area (Å²) >= 11 is 0. The van der Waals surface area contributed by atoms with Gasteiger partial charge in [-0.1, -0.05) is 0 Å². The Morgan fingerprint density at radius 3 is 1.88 bits per heavy atom. The average molecular weight is 360 g/mol. The number of hydrogen-bond donors (Lipinski definition) is 2. The first-order valence-electron chi connectivity index (χ1n) is 7.74. The van der Waals surface area contributed by atoms with E-state index in [1.165, 1.54) is 31.2 Å². The summed E-state index contributed by atoms with van der Waals surface area (Å²) in [7, 11) is -3.59. The van der Waals surface area contributed by atoms with Gasteiger partial charge in [0.1, 0.15) is 0 Å². The fourth-order valence-corrected chi connectivity index (χ4v) is 3.41. The van der Waals surface area contributed by atoms with Gasteiger partial charge in [0.2, 0.25) is 10.0 Å². The molecule has 2 aromatic rings. The molecule has 0 aliphatic carbocycles. The Bertz CT molecular complexity index is 870. The number of amides is 1. The van der Waals surface area contributed by atoms with Crippen LogP contribution in [0.1, 0.15) is 41.5 Å². The topological polar surface area (TPSA) is 92.3 Å². The minimum Gasteiger partial charge on any atom is -0.322 e. The van der Waals surface area contributed by atoms with Crippen LogP contribution >= 0.6 is 0 Å². The molecular weight excluding hydrogens is 340 g/mol. The lowest BCUT2D eigenvalue weighted by atomic mass is 10.1. The van der Waals surface area contributed by atoms with Crippen LogP contribution in [0.3, 0.4) is 0 Å². The zero-order valence-corrected chi connectivity index (χ0v) is 15.1. The van der Waals surface area contributed by atoms with E-state index in [0.29, 0.717) is 16.8 Å². The number of carbonyl (C=O) groups excluding carboxylic acids is 2. The van der Waals surface area contributed by atoms with E-state index in [9.17, 15) is 18.0 Å². The molecule has 0 aromatic heterocycles. The van der Waals surface area contributed by atoms with Crippen molar-refractivity contribution in [1.29, 1.82) is 0 Å². The van der Waals surface area contributed by atoms with Crippen molar-refractivity contribution in [3.8, 4) is 0 Å². The summed E-state index contributed by atoms with van der Waals surface area (Å²) < 4.78 is 26.6. The van der Waals surface area contributed by atoms with Crippen molar-refractivity contribution in [1.82, 2.24) is 4.72 Å². The van der Waals surface area contributed by atoms with Gasteiger partial charge in [0, 0.05) is 22.9 Å². The molecule has 2 aromatic carbocycles. The van der Waals surface area contributed by atoms with Gasteiger partial charge in [-0.2, -0.15) is 0 Å². The van der Waals surface area contributed by atoms with Crippen molar-refractivity contribution in [2.75, 3.05) is 5.32 Å². The molecule has 25 heavy (non-hydrogen) atoms. The molecule has 0 bridgehead atoms. The van der Waals surface area contributed by atoms with Crippen LogP contribution in [-0.4, -0.2) is 26.2 Å². The monoisotopic (exact) mass is 360 g/mol. The Morgan fingerprint density at radius 2 is 1.40 bits per heavy atom. The molecule has 0 fully saturated rings. The normalized spacial score (nSPS) is 11.4. The van der Waals surface area contributed by atoms with Crippen molar-refractivity contribution >= 4 is 27.4 Å². The lowest BCUT2D eigenvalue weighted by Crippen LogP contribution is -2.30. The molecule has 7 heteroatoms. The molecular formula is C18H20N2O4S. The van der Waals surface area contributed by atoms with Crippen molar-refractivity contribution in [2.24, 2.45) is 0 Å². The number of benzene rings is 2. The van der Waals surface area contributed by atoms with Crippen LogP contribution in [0.2, 0.25) is 0 Å². The smallest absolute Gasteiger partial charge is 0.255 e. The number of carbonyl (C=O) groups is 2. The maximum atomic E-state index is 12.2. The highest BCUT2D eigenvalue weighted by Crippen LogP contribution is 2.14. The lowest BCUT2D eigenvalue weighted by molar-refractivity contribution is 0.101. The van der Waals surface area contributed by atoms with E-state index in [2.05, 4.69) is 10.0 Å². The Morgan fingerprint density at radius 1 is 0.880 bits per heavy atom. The zero-order valence-electron chi connectivity index (χ0n) is 14.2. The molecule has 0 saturated carbocycles. The van der Waals surface area contributed by atoms with Gasteiger partial charge in [0.05, 0.1) is 4.90 Å². The van der Waals surface area contributed by atoms with Crippen LogP contribution < -0.4 is 10.0 Å². The molecule has 0 aliphatic heterocycles. The second kappa shape index (κ2) is 7.58. The molecule has 132 valence electrons. The van der Waals surface area contributed by atoms with Crippen LogP contribution in [0, 0.1) is 0 Å². The Kier molecular flexibility index (Phi) is 5.71. The number of ketones is 1. The number of anilines is 1. The standard InChI is InChI=1S/C18H20N2O4S/c1-12(2)20-25(23,24)17-10-6-15(7-11-17)18(22)19-16-8-4-14(5-9-16)13(3)21/h4-12,20H,1-3H3,(H,19,22). The first kappa shape index (κ1) is 18.8. The SMILES string of the molecule is CC(=O)c1ccc(NC(=O)c2ccc(S(=O)(=O)NC(C)C)cc2)cc1. The molecule has 0 saturated heterocycles. The van der Waals surface area contributed by atoms with Crippen molar-refractivity contribution in [3.63, 3.8) is 0 Å². The molecule has 0 aliphatic rings. The van der Waals surface area contributed by atoms with Gasteiger partial charge in [-0.05, 0) is 69.3 Å². The first-order valence-corrected chi connectivity index (χ1v) is 9.22. The summed E-state index contributed by atoms with van der Waals surface area (Å²) in [6.07, 6.45) is 0. The summed E-state index contributed by atoms with van der Waals surface area (Å²) in [4.78, 5) is 23.6. The first-order chi connectivity index (χ1) is 11.7. The predicted molar refractivity (Wildman–Crippen MR) is 96.3 cm³/mol. The van der Waals surface area contributed by atoms with Gasteiger partial charge in [0.15, 0.2) is 5.78 Å². The number of nitrogens with one attached hydrogen (secondary N) is 2. The van der Waals surface area contributed by atoms with Crippen LogP contribution in [-0.2, 0) is 10.0 Å². The molecule has 2 N–H and O–H groups in total. The Labute approximate surface area is 147 Å². The average Bonchev–Trinajstić information content (AvgIpc) is 2.54. The van der Waals surface area contributed by atoms with Gasteiger partial charge < -0.3 is 5.32 Å². The molecule has 0 unspecified atom stereocenters. The molecule has 1 amide bonds. The number of sulfonamides is 1. The van der Waals surface area contributed by atoms with Gasteiger partial charge in [0.25, 0.3) is 5.91 Å². The largest absolute Gasteiger partial charge is 0.322 e. The molecule has 0 heterocycles. The Hall–Kier alpha value is -2.51. The van der Waals surface area contributed by atoms with Crippen LogP contribution in [0.5, 0.6) is 0 Å². The van der Waals surface area contributed by atoms with Gasteiger partial charge in [-0.15, -0.1) is 0 Å². The van der Waals surface area contributed by atoms with E-state index in [1.807, 2.05) is 0 Å². The third-order valence-corrected chi connectivity index (χ3v) is 5.04. The van der Waals surface area contributed by atoms with E-state index >= 15 is 0 Å².